The van der Waals surface area contributed by atoms with Crippen LogP contribution in [0.1, 0.15) is 58.3 Å². The first-order chi connectivity index (χ1) is 8.24. The van der Waals surface area contributed by atoms with Gasteiger partial charge in [0.15, 0.2) is 0 Å². The number of piperidine rings is 1. The lowest BCUT2D eigenvalue weighted by atomic mass is 9.88. The number of nitrogens with two attached hydrogens (primary N) is 1. The highest BCUT2D eigenvalue weighted by atomic mass is 15.2. The molecule has 0 aromatic carbocycles. The second-order valence-corrected chi connectivity index (χ2v) is 6.84. The van der Waals surface area contributed by atoms with Gasteiger partial charge < -0.3 is 5.73 Å². The fraction of sp³-hybridized carbons (Fsp3) is 1.00. The van der Waals surface area contributed by atoms with E-state index < -0.39 is 0 Å². The summed E-state index contributed by atoms with van der Waals surface area (Å²) in [5, 5.41) is 0. The molecule has 17 heavy (non-hydrogen) atoms. The minimum Gasteiger partial charge on any atom is -0.328 e. The zero-order valence-electron chi connectivity index (χ0n) is 11.3. The van der Waals surface area contributed by atoms with Gasteiger partial charge in [-0.05, 0) is 63.8 Å². The van der Waals surface area contributed by atoms with Crippen LogP contribution in [-0.4, -0.2) is 29.6 Å². The Balaban J connectivity index is 1.66. The van der Waals surface area contributed by atoms with Gasteiger partial charge in [-0.1, -0.05) is 12.8 Å². The fourth-order valence-electron chi connectivity index (χ4n) is 4.76. The van der Waals surface area contributed by atoms with E-state index in [0.717, 1.165) is 23.9 Å². The van der Waals surface area contributed by atoms with E-state index in [-0.39, 0.29) is 0 Å². The molecule has 1 heterocycles. The number of hydrogen-bond acceptors (Lipinski definition) is 2. The van der Waals surface area contributed by atoms with Gasteiger partial charge in [0.1, 0.15) is 0 Å². The molecule has 1 saturated heterocycles. The molecule has 0 aromatic rings. The molecule has 2 heteroatoms. The summed E-state index contributed by atoms with van der Waals surface area (Å²) in [6, 6.07) is 2.10. The number of nitrogens with zero attached hydrogens (tertiary/aromatic N) is 1. The molecule has 0 amide bonds. The molecule has 2 saturated carbocycles. The first kappa shape index (κ1) is 12.0. The quantitative estimate of drug-likeness (QED) is 0.816. The van der Waals surface area contributed by atoms with Crippen LogP contribution in [0.3, 0.4) is 0 Å². The Bertz CT molecular complexity index is 264. The first-order valence-electron chi connectivity index (χ1n) is 7.75. The Morgan fingerprint density at radius 3 is 2.71 bits per heavy atom. The molecule has 0 aromatic heterocycles. The van der Waals surface area contributed by atoms with Crippen molar-refractivity contribution in [2.24, 2.45) is 17.6 Å². The van der Waals surface area contributed by atoms with Gasteiger partial charge in [-0.15, -0.1) is 0 Å². The molecule has 5 atom stereocenters. The summed E-state index contributed by atoms with van der Waals surface area (Å²) in [6.07, 6.45) is 11.5. The van der Waals surface area contributed by atoms with Crippen molar-refractivity contribution in [3.63, 3.8) is 0 Å². The minimum atomic E-state index is 0.374. The number of fused-ring (bicyclic) bond motifs is 2. The fourth-order valence-corrected chi connectivity index (χ4v) is 4.76. The molecule has 2 bridgehead atoms. The zero-order valence-corrected chi connectivity index (χ0v) is 11.3. The monoisotopic (exact) mass is 236 g/mol. The predicted molar refractivity (Wildman–Crippen MR) is 71.8 cm³/mol. The van der Waals surface area contributed by atoms with E-state index in [1.54, 1.807) is 0 Å². The van der Waals surface area contributed by atoms with Gasteiger partial charge in [-0.2, -0.15) is 0 Å². The summed E-state index contributed by atoms with van der Waals surface area (Å²) in [5.41, 5.74) is 6.03. The van der Waals surface area contributed by atoms with Crippen LogP contribution in [0.25, 0.3) is 0 Å². The molecule has 98 valence electrons. The summed E-state index contributed by atoms with van der Waals surface area (Å²) in [5.74, 6) is 2.11. The largest absolute Gasteiger partial charge is 0.328 e. The maximum absolute atomic E-state index is 6.03. The lowest BCUT2D eigenvalue weighted by Gasteiger charge is -2.43. The predicted octanol–water partition coefficient (Wildman–Crippen LogP) is 2.77. The van der Waals surface area contributed by atoms with Crippen molar-refractivity contribution in [3.05, 3.63) is 0 Å². The smallest absolute Gasteiger partial charge is 0.0129 e. The lowest BCUT2D eigenvalue weighted by Crippen LogP contribution is -2.49. The van der Waals surface area contributed by atoms with Crippen LogP contribution in [0, 0.1) is 11.8 Å². The summed E-state index contributed by atoms with van der Waals surface area (Å²) < 4.78 is 0. The number of rotatable bonds is 3. The maximum atomic E-state index is 6.03. The van der Waals surface area contributed by atoms with Crippen LogP contribution in [0.5, 0.6) is 0 Å². The number of likely N-dealkylation sites (tertiary alicyclic amines) is 1. The van der Waals surface area contributed by atoms with E-state index in [2.05, 4.69) is 11.8 Å². The lowest BCUT2D eigenvalue weighted by molar-refractivity contribution is 0.0561. The van der Waals surface area contributed by atoms with Gasteiger partial charge in [0.2, 0.25) is 0 Å². The highest BCUT2D eigenvalue weighted by molar-refractivity contribution is 4.98. The molecule has 3 rings (SSSR count). The Hall–Kier alpha value is -0.0800. The molecule has 1 aliphatic heterocycles. The van der Waals surface area contributed by atoms with Crippen LogP contribution >= 0.6 is 0 Å². The van der Waals surface area contributed by atoms with Gasteiger partial charge >= 0.3 is 0 Å². The minimum absolute atomic E-state index is 0.374. The highest BCUT2D eigenvalue weighted by Crippen LogP contribution is 2.48. The van der Waals surface area contributed by atoms with Crippen molar-refractivity contribution in [1.82, 2.24) is 4.90 Å². The molecular formula is C15H28N2. The van der Waals surface area contributed by atoms with Gasteiger partial charge in [-0.3, -0.25) is 4.90 Å². The topological polar surface area (TPSA) is 29.3 Å². The van der Waals surface area contributed by atoms with Crippen molar-refractivity contribution in [3.8, 4) is 0 Å². The molecule has 5 unspecified atom stereocenters. The third-order valence-corrected chi connectivity index (χ3v) is 5.44. The van der Waals surface area contributed by atoms with Crippen molar-refractivity contribution < 1.29 is 0 Å². The van der Waals surface area contributed by atoms with Crippen molar-refractivity contribution in [2.45, 2.75) is 76.4 Å². The molecule has 3 fully saturated rings. The molecule has 2 nitrogen and oxygen atoms in total. The third kappa shape index (κ3) is 2.39. The molecule has 2 N–H and O–H groups in total. The molecule has 2 aliphatic carbocycles. The zero-order chi connectivity index (χ0) is 11.8. The second-order valence-electron chi connectivity index (χ2n) is 6.84. The summed E-state index contributed by atoms with van der Waals surface area (Å²) in [6.45, 7) is 3.53. The number of hydrogen-bond donors (Lipinski definition) is 1. The highest BCUT2D eigenvalue weighted by Gasteiger charge is 2.44. The maximum Gasteiger partial charge on any atom is 0.0129 e. The van der Waals surface area contributed by atoms with Gasteiger partial charge in [0.25, 0.3) is 0 Å². The van der Waals surface area contributed by atoms with Gasteiger partial charge in [0.05, 0.1) is 0 Å². The van der Waals surface area contributed by atoms with Crippen molar-refractivity contribution >= 4 is 0 Å². The molecule has 3 aliphatic rings. The normalized spacial score (nSPS) is 44.1. The Morgan fingerprint density at radius 2 is 2.06 bits per heavy atom. The van der Waals surface area contributed by atoms with E-state index in [1.165, 1.54) is 57.9 Å². The second kappa shape index (κ2) is 4.89. The third-order valence-electron chi connectivity index (χ3n) is 5.44. The van der Waals surface area contributed by atoms with Gasteiger partial charge in [0, 0.05) is 18.1 Å². The van der Waals surface area contributed by atoms with Crippen LogP contribution in [-0.2, 0) is 0 Å². The van der Waals surface area contributed by atoms with Crippen LogP contribution in [0.2, 0.25) is 0 Å². The van der Waals surface area contributed by atoms with E-state index in [4.69, 9.17) is 5.73 Å². The average Bonchev–Trinajstić information content (AvgIpc) is 2.90. The Labute approximate surface area is 106 Å². The van der Waals surface area contributed by atoms with E-state index in [9.17, 15) is 0 Å². The summed E-state index contributed by atoms with van der Waals surface area (Å²) in [4.78, 5) is 2.87. The van der Waals surface area contributed by atoms with Crippen molar-refractivity contribution in [2.75, 3.05) is 6.54 Å². The van der Waals surface area contributed by atoms with E-state index in [1.807, 2.05) is 0 Å². The summed E-state index contributed by atoms with van der Waals surface area (Å²) >= 11 is 0. The molecular weight excluding hydrogens is 208 g/mol. The molecule has 0 radical (unpaired) electrons. The summed E-state index contributed by atoms with van der Waals surface area (Å²) in [7, 11) is 0. The van der Waals surface area contributed by atoms with Crippen LogP contribution in [0.4, 0.5) is 0 Å². The van der Waals surface area contributed by atoms with Crippen molar-refractivity contribution in [1.29, 1.82) is 0 Å². The first-order valence-corrected chi connectivity index (χ1v) is 7.75. The van der Waals surface area contributed by atoms with Gasteiger partial charge in [-0.25, -0.2) is 0 Å². The SMILES string of the molecule is CC(N)CC1CCCCN1C1CC2CCC1C2. The average molecular weight is 236 g/mol. The van der Waals surface area contributed by atoms with Crippen LogP contribution < -0.4 is 5.73 Å². The molecule has 0 spiro atoms. The standard InChI is InChI=1S/C15H28N2/c1-11(16)8-14-4-2-3-7-17(14)15-10-12-5-6-13(15)9-12/h11-15H,2-10,16H2,1H3. The Morgan fingerprint density at radius 1 is 1.18 bits per heavy atom. The Kier molecular flexibility index (Phi) is 3.45. The van der Waals surface area contributed by atoms with E-state index >= 15 is 0 Å². The van der Waals surface area contributed by atoms with Crippen LogP contribution in [0.15, 0.2) is 0 Å². The van der Waals surface area contributed by atoms with E-state index in [0.29, 0.717) is 6.04 Å².